The molecule has 112 valence electrons. The second-order valence-corrected chi connectivity index (χ2v) is 5.63. The molecule has 0 aromatic heterocycles. The van der Waals surface area contributed by atoms with Crippen molar-refractivity contribution in [1.29, 1.82) is 0 Å². The average Bonchev–Trinajstić information content (AvgIpc) is 2.53. The second kappa shape index (κ2) is 6.27. The first-order valence-electron chi connectivity index (χ1n) is 7.59. The molecule has 1 amide bonds. The number of amides is 1. The van der Waals surface area contributed by atoms with E-state index in [1.165, 1.54) is 10.8 Å². The molecule has 3 nitrogen and oxygen atoms in total. The van der Waals surface area contributed by atoms with Crippen molar-refractivity contribution in [2.75, 3.05) is 0 Å². The molecule has 0 aliphatic heterocycles. The number of fused-ring (bicyclic) bond motifs is 1. The average molecular weight is 284 g/mol. The lowest BCUT2D eigenvalue weighted by molar-refractivity contribution is -0.127. The Labute approximate surface area is 126 Å². The first kappa shape index (κ1) is 15.5. The third-order valence-corrected chi connectivity index (χ3v) is 4.35. The van der Waals surface area contributed by atoms with Crippen LogP contribution in [0.3, 0.4) is 0 Å². The molecule has 21 heavy (non-hydrogen) atoms. The van der Waals surface area contributed by atoms with Gasteiger partial charge in [0.15, 0.2) is 0 Å². The molecule has 0 spiro atoms. The van der Waals surface area contributed by atoms with Crippen molar-refractivity contribution in [2.45, 2.75) is 45.2 Å². The third kappa shape index (κ3) is 3.08. The largest absolute Gasteiger partial charge is 0.348 e. The second-order valence-electron chi connectivity index (χ2n) is 5.63. The summed E-state index contributed by atoms with van der Waals surface area (Å²) < 4.78 is 0. The Morgan fingerprint density at radius 2 is 1.76 bits per heavy atom. The van der Waals surface area contributed by atoms with Gasteiger partial charge >= 0.3 is 0 Å². The van der Waals surface area contributed by atoms with Crippen LogP contribution in [0.4, 0.5) is 0 Å². The van der Waals surface area contributed by atoms with Crippen LogP contribution in [0, 0.1) is 0 Å². The fourth-order valence-electron chi connectivity index (χ4n) is 2.62. The van der Waals surface area contributed by atoms with E-state index < -0.39 is 5.54 Å². The molecule has 0 radical (unpaired) electrons. The highest BCUT2D eigenvalue weighted by Gasteiger charge is 2.30. The minimum atomic E-state index is -0.779. The minimum absolute atomic E-state index is 0.0652. The molecule has 0 saturated heterocycles. The van der Waals surface area contributed by atoms with Gasteiger partial charge in [0.2, 0.25) is 5.91 Å². The molecule has 2 aromatic carbocycles. The van der Waals surface area contributed by atoms with Gasteiger partial charge in [-0.3, -0.25) is 4.79 Å². The Hall–Kier alpha value is -1.87. The zero-order valence-corrected chi connectivity index (χ0v) is 13.0. The highest BCUT2D eigenvalue weighted by atomic mass is 16.2. The Kier molecular flexibility index (Phi) is 4.63. The number of benzene rings is 2. The highest BCUT2D eigenvalue weighted by Crippen LogP contribution is 2.24. The van der Waals surface area contributed by atoms with Crippen LogP contribution < -0.4 is 11.1 Å². The summed E-state index contributed by atoms with van der Waals surface area (Å²) in [5, 5.41) is 5.42. The number of carbonyl (C=O) groups excluding carboxylic acids is 1. The molecule has 2 aromatic rings. The summed E-state index contributed by atoms with van der Waals surface area (Å²) in [6.07, 6.45) is 1.27. The summed E-state index contributed by atoms with van der Waals surface area (Å²) in [6, 6.07) is 14.3. The molecule has 0 aliphatic rings. The molecule has 1 unspecified atom stereocenters. The van der Waals surface area contributed by atoms with E-state index in [-0.39, 0.29) is 11.9 Å². The van der Waals surface area contributed by atoms with Crippen LogP contribution >= 0.6 is 0 Å². The van der Waals surface area contributed by atoms with Gasteiger partial charge in [0.25, 0.3) is 0 Å². The van der Waals surface area contributed by atoms with E-state index in [1.807, 2.05) is 39.0 Å². The molecule has 1 atom stereocenters. The van der Waals surface area contributed by atoms with Crippen molar-refractivity contribution in [3.8, 4) is 0 Å². The summed E-state index contributed by atoms with van der Waals surface area (Å²) in [4.78, 5) is 12.4. The number of rotatable bonds is 5. The zero-order valence-electron chi connectivity index (χ0n) is 13.0. The quantitative estimate of drug-likeness (QED) is 0.882. The number of hydrogen-bond donors (Lipinski definition) is 2. The maximum absolute atomic E-state index is 12.4. The molecule has 0 aliphatic carbocycles. The predicted octanol–water partition coefficient (Wildman–Crippen LogP) is 3.53. The molecule has 0 fully saturated rings. The van der Waals surface area contributed by atoms with E-state index in [0.717, 1.165) is 5.56 Å². The van der Waals surface area contributed by atoms with Crippen molar-refractivity contribution >= 4 is 16.7 Å². The first-order chi connectivity index (χ1) is 10.0. The van der Waals surface area contributed by atoms with Crippen LogP contribution in [0.2, 0.25) is 0 Å². The van der Waals surface area contributed by atoms with E-state index >= 15 is 0 Å². The molecule has 3 heteroatoms. The maximum Gasteiger partial charge on any atom is 0.240 e. The van der Waals surface area contributed by atoms with E-state index in [0.29, 0.717) is 12.8 Å². The first-order valence-corrected chi connectivity index (χ1v) is 7.59. The summed E-state index contributed by atoms with van der Waals surface area (Å²) >= 11 is 0. The Morgan fingerprint density at radius 1 is 1.14 bits per heavy atom. The lowest BCUT2D eigenvalue weighted by atomic mass is 9.92. The van der Waals surface area contributed by atoms with Crippen LogP contribution in [-0.2, 0) is 4.79 Å². The molecule has 2 rings (SSSR count). The zero-order chi connectivity index (χ0) is 15.5. The van der Waals surface area contributed by atoms with Gasteiger partial charge in [0.05, 0.1) is 11.6 Å². The van der Waals surface area contributed by atoms with Gasteiger partial charge in [-0.2, -0.15) is 0 Å². The topological polar surface area (TPSA) is 55.1 Å². The van der Waals surface area contributed by atoms with Gasteiger partial charge in [0, 0.05) is 0 Å². The van der Waals surface area contributed by atoms with Crippen LogP contribution in [-0.4, -0.2) is 11.4 Å². The fraction of sp³-hybridized carbons (Fsp3) is 0.389. The molecule has 3 N–H and O–H groups in total. The third-order valence-electron chi connectivity index (χ3n) is 4.35. The van der Waals surface area contributed by atoms with Gasteiger partial charge in [-0.15, -0.1) is 0 Å². The van der Waals surface area contributed by atoms with Gasteiger partial charge in [-0.05, 0) is 36.1 Å². The molecular weight excluding hydrogens is 260 g/mol. The lowest BCUT2D eigenvalue weighted by Gasteiger charge is -2.28. The summed E-state index contributed by atoms with van der Waals surface area (Å²) in [7, 11) is 0. The highest BCUT2D eigenvalue weighted by molar-refractivity contribution is 5.89. The Balaban J connectivity index is 2.27. The van der Waals surface area contributed by atoms with Gasteiger partial charge < -0.3 is 11.1 Å². The summed E-state index contributed by atoms with van der Waals surface area (Å²) in [6.45, 7) is 5.91. The lowest BCUT2D eigenvalue weighted by Crippen LogP contribution is -2.53. The Bertz CT molecular complexity index is 627. The monoisotopic (exact) mass is 284 g/mol. The van der Waals surface area contributed by atoms with Crippen molar-refractivity contribution in [2.24, 2.45) is 5.73 Å². The number of nitrogens with two attached hydrogens (primary N) is 1. The van der Waals surface area contributed by atoms with E-state index in [9.17, 15) is 4.79 Å². The normalized spacial score (nSPS) is 13.1. The van der Waals surface area contributed by atoms with Crippen molar-refractivity contribution in [1.82, 2.24) is 5.32 Å². The van der Waals surface area contributed by atoms with Gasteiger partial charge in [-0.1, -0.05) is 56.3 Å². The molecular formula is C18H24N2O. The minimum Gasteiger partial charge on any atom is -0.348 e. The molecule has 0 heterocycles. The van der Waals surface area contributed by atoms with E-state index in [4.69, 9.17) is 5.73 Å². The van der Waals surface area contributed by atoms with Crippen LogP contribution in [0.5, 0.6) is 0 Å². The SMILES string of the molecule is CCC(N)(CC)C(=O)NC(C)c1cccc2ccccc12. The van der Waals surface area contributed by atoms with E-state index in [2.05, 4.69) is 29.6 Å². The van der Waals surface area contributed by atoms with Crippen molar-refractivity contribution in [3.63, 3.8) is 0 Å². The fourth-order valence-corrected chi connectivity index (χ4v) is 2.62. The number of carbonyl (C=O) groups is 1. The van der Waals surface area contributed by atoms with E-state index in [1.54, 1.807) is 0 Å². The van der Waals surface area contributed by atoms with Gasteiger partial charge in [0.1, 0.15) is 0 Å². The summed E-state index contributed by atoms with van der Waals surface area (Å²) in [5.74, 6) is -0.0760. The standard InChI is InChI=1S/C18H24N2O/c1-4-18(19,5-2)17(21)20-13(3)15-12-8-10-14-9-6-7-11-16(14)15/h6-13H,4-5,19H2,1-3H3,(H,20,21). The smallest absolute Gasteiger partial charge is 0.240 e. The van der Waals surface area contributed by atoms with Gasteiger partial charge in [-0.25, -0.2) is 0 Å². The van der Waals surface area contributed by atoms with Crippen molar-refractivity contribution in [3.05, 3.63) is 48.0 Å². The van der Waals surface area contributed by atoms with Crippen molar-refractivity contribution < 1.29 is 4.79 Å². The number of nitrogens with one attached hydrogen (secondary N) is 1. The number of hydrogen-bond acceptors (Lipinski definition) is 2. The van der Waals surface area contributed by atoms with Crippen LogP contribution in [0.15, 0.2) is 42.5 Å². The van der Waals surface area contributed by atoms with Crippen LogP contribution in [0.25, 0.3) is 10.8 Å². The molecule has 0 bridgehead atoms. The summed E-state index contributed by atoms with van der Waals surface area (Å²) in [5.41, 5.74) is 6.51. The predicted molar refractivity (Wildman–Crippen MR) is 88.0 cm³/mol. The maximum atomic E-state index is 12.4. The van der Waals surface area contributed by atoms with Crippen LogP contribution in [0.1, 0.15) is 45.2 Å². The Morgan fingerprint density at radius 3 is 2.43 bits per heavy atom. The molecule has 0 saturated carbocycles.